The molecule has 10 heteroatoms. The highest BCUT2D eigenvalue weighted by Gasteiger charge is 2.35. The molecule has 2 heterocycles. The van der Waals surface area contributed by atoms with E-state index in [4.69, 9.17) is 14.2 Å². The SMILES string of the molecule is CCOc1ccc([C@H]2Oc3nc(SCC)nnc3-c3cc(F)ccc3N2C(C)=O)cc1OC. The zero-order valence-corrected chi connectivity index (χ0v) is 19.5. The van der Waals surface area contributed by atoms with Crippen molar-refractivity contribution in [1.82, 2.24) is 15.2 Å². The van der Waals surface area contributed by atoms with Crippen LogP contribution in [0, 0.1) is 5.82 Å². The Bertz CT molecular complexity index is 1190. The highest BCUT2D eigenvalue weighted by atomic mass is 32.2. The molecule has 1 aliphatic heterocycles. The van der Waals surface area contributed by atoms with Gasteiger partial charge in [-0.3, -0.25) is 9.69 Å². The average Bonchev–Trinajstić information content (AvgIpc) is 2.94. The van der Waals surface area contributed by atoms with Crippen LogP contribution in [0.25, 0.3) is 11.3 Å². The predicted octanol–water partition coefficient (Wildman–Crippen LogP) is 4.64. The lowest BCUT2D eigenvalue weighted by Crippen LogP contribution is -2.36. The Morgan fingerprint density at radius 3 is 2.70 bits per heavy atom. The third-order valence-electron chi connectivity index (χ3n) is 4.95. The first-order valence-electron chi connectivity index (χ1n) is 10.4. The summed E-state index contributed by atoms with van der Waals surface area (Å²) in [4.78, 5) is 18.8. The van der Waals surface area contributed by atoms with Gasteiger partial charge in [-0.05, 0) is 49.1 Å². The Kier molecular flexibility index (Phi) is 6.64. The van der Waals surface area contributed by atoms with Crippen molar-refractivity contribution in [3.05, 3.63) is 47.8 Å². The summed E-state index contributed by atoms with van der Waals surface area (Å²) in [5.41, 5.74) is 1.69. The molecule has 1 atom stereocenters. The number of hydrogen-bond donors (Lipinski definition) is 0. The number of hydrogen-bond acceptors (Lipinski definition) is 8. The molecule has 1 aliphatic rings. The minimum atomic E-state index is -0.909. The molecule has 4 rings (SSSR count). The van der Waals surface area contributed by atoms with Crippen LogP contribution in [0.5, 0.6) is 17.4 Å². The van der Waals surface area contributed by atoms with Crippen LogP contribution >= 0.6 is 11.8 Å². The zero-order chi connectivity index (χ0) is 23.5. The quantitative estimate of drug-likeness (QED) is 0.482. The average molecular weight is 471 g/mol. The molecular formula is C23H23FN4O4S. The van der Waals surface area contributed by atoms with Crippen molar-refractivity contribution in [3.8, 4) is 28.6 Å². The Morgan fingerprint density at radius 2 is 2.00 bits per heavy atom. The number of nitrogens with zero attached hydrogens (tertiary/aromatic N) is 4. The number of benzene rings is 2. The number of methoxy groups -OCH3 is 1. The maximum absolute atomic E-state index is 14.2. The first-order valence-corrected chi connectivity index (χ1v) is 11.4. The van der Waals surface area contributed by atoms with E-state index in [9.17, 15) is 9.18 Å². The standard InChI is InChI=1S/C23H23FN4O4S/c1-5-31-18-10-7-14(11-19(18)30-4)22-28(13(3)29)17-9-8-15(24)12-16(17)20-21(32-22)25-23(27-26-20)33-6-2/h7-12,22H,5-6H2,1-4H3/t22-/m1/s1. The minimum Gasteiger partial charge on any atom is -0.493 e. The van der Waals surface area contributed by atoms with Crippen molar-refractivity contribution < 1.29 is 23.4 Å². The molecule has 33 heavy (non-hydrogen) atoms. The van der Waals surface area contributed by atoms with E-state index in [1.165, 1.54) is 48.9 Å². The molecule has 172 valence electrons. The minimum absolute atomic E-state index is 0.161. The van der Waals surface area contributed by atoms with Crippen molar-refractivity contribution in [1.29, 1.82) is 0 Å². The van der Waals surface area contributed by atoms with E-state index in [1.807, 2.05) is 13.8 Å². The van der Waals surface area contributed by atoms with Gasteiger partial charge >= 0.3 is 0 Å². The molecule has 0 radical (unpaired) electrons. The van der Waals surface area contributed by atoms with Gasteiger partial charge in [0.1, 0.15) is 5.82 Å². The summed E-state index contributed by atoms with van der Waals surface area (Å²) in [7, 11) is 1.54. The fourth-order valence-corrected chi connectivity index (χ4v) is 4.10. The van der Waals surface area contributed by atoms with Gasteiger partial charge in [0.05, 0.1) is 19.4 Å². The van der Waals surface area contributed by atoms with Gasteiger partial charge in [0, 0.05) is 18.1 Å². The summed E-state index contributed by atoms with van der Waals surface area (Å²) in [6.45, 7) is 5.74. The fourth-order valence-electron chi connectivity index (χ4n) is 3.60. The highest BCUT2D eigenvalue weighted by molar-refractivity contribution is 7.99. The van der Waals surface area contributed by atoms with Crippen molar-refractivity contribution >= 4 is 23.4 Å². The Hall–Kier alpha value is -3.40. The van der Waals surface area contributed by atoms with Crippen LogP contribution in [-0.4, -0.2) is 40.6 Å². The molecule has 0 fully saturated rings. The van der Waals surface area contributed by atoms with Gasteiger partial charge in [-0.1, -0.05) is 18.7 Å². The summed E-state index contributed by atoms with van der Waals surface area (Å²) < 4.78 is 31.6. The van der Waals surface area contributed by atoms with Crippen LogP contribution in [0.15, 0.2) is 41.6 Å². The lowest BCUT2D eigenvalue weighted by atomic mass is 10.1. The summed E-state index contributed by atoms with van der Waals surface area (Å²) >= 11 is 1.40. The first-order chi connectivity index (χ1) is 16.0. The maximum atomic E-state index is 14.2. The first kappa shape index (κ1) is 22.8. The van der Waals surface area contributed by atoms with Crippen molar-refractivity contribution in [2.24, 2.45) is 0 Å². The second kappa shape index (κ2) is 9.62. The van der Waals surface area contributed by atoms with E-state index >= 15 is 0 Å². The van der Waals surface area contributed by atoms with Gasteiger partial charge in [-0.2, -0.15) is 4.98 Å². The highest BCUT2D eigenvalue weighted by Crippen LogP contribution is 2.44. The van der Waals surface area contributed by atoms with Gasteiger partial charge in [-0.15, -0.1) is 10.2 Å². The van der Waals surface area contributed by atoms with Crippen LogP contribution in [-0.2, 0) is 4.79 Å². The van der Waals surface area contributed by atoms with Gasteiger partial charge in [0.15, 0.2) is 17.2 Å². The van der Waals surface area contributed by atoms with Crippen LogP contribution in [0.1, 0.15) is 32.6 Å². The molecule has 2 aromatic carbocycles. The molecule has 0 saturated carbocycles. The van der Waals surface area contributed by atoms with Crippen molar-refractivity contribution in [3.63, 3.8) is 0 Å². The molecule has 0 unspecified atom stereocenters. The number of ether oxygens (including phenoxy) is 3. The Balaban J connectivity index is 1.93. The van der Waals surface area contributed by atoms with Crippen LogP contribution in [0.3, 0.4) is 0 Å². The Morgan fingerprint density at radius 1 is 1.18 bits per heavy atom. The number of rotatable bonds is 6. The van der Waals surface area contributed by atoms with Crippen LogP contribution < -0.4 is 19.1 Å². The number of anilines is 1. The molecule has 0 aliphatic carbocycles. The smallest absolute Gasteiger partial charge is 0.247 e. The van der Waals surface area contributed by atoms with Gasteiger partial charge < -0.3 is 14.2 Å². The molecule has 0 saturated heterocycles. The van der Waals surface area contributed by atoms with Gasteiger partial charge in [0.25, 0.3) is 0 Å². The number of carbonyl (C=O) groups is 1. The van der Waals surface area contributed by atoms with E-state index in [1.54, 1.807) is 18.2 Å². The third kappa shape index (κ3) is 4.43. The van der Waals surface area contributed by atoms with Crippen molar-refractivity contribution in [2.75, 3.05) is 24.4 Å². The van der Waals surface area contributed by atoms with E-state index in [0.717, 1.165) is 5.75 Å². The van der Waals surface area contributed by atoms with Gasteiger partial charge in [-0.25, -0.2) is 4.39 Å². The van der Waals surface area contributed by atoms with Crippen molar-refractivity contribution in [2.45, 2.75) is 32.2 Å². The van der Waals surface area contributed by atoms with Gasteiger partial charge in [0.2, 0.25) is 23.2 Å². The number of halogens is 1. The summed E-state index contributed by atoms with van der Waals surface area (Å²) in [6, 6.07) is 9.41. The molecule has 8 nitrogen and oxygen atoms in total. The second-order valence-corrected chi connectivity index (χ2v) is 8.28. The molecule has 1 amide bonds. The number of aromatic nitrogens is 3. The number of amides is 1. The summed E-state index contributed by atoms with van der Waals surface area (Å²) in [6.07, 6.45) is -0.909. The number of fused-ring (bicyclic) bond motifs is 3. The molecule has 3 aromatic rings. The number of thioether (sulfide) groups is 1. The van der Waals surface area contributed by atoms with E-state index in [2.05, 4.69) is 15.2 Å². The predicted molar refractivity (Wildman–Crippen MR) is 122 cm³/mol. The molecule has 0 N–H and O–H groups in total. The third-order valence-corrected chi connectivity index (χ3v) is 5.67. The largest absolute Gasteiger partial charge is 0.493 e. The molecule has 0 bridgehead atoms. The zero-order valence-electron chi connectivity index (χ0n) is 18.7. The lowest BCUT2D eigenvalue weighted by Gasteiger charge is -2.30. The fraction of sp³-hybridized carbons (Fsp3) is 0.304. The normalized spacial score (nSPS) is 14.6. The molecular weight excluding hydrogens is 447 g/mol. The summed E-state index contributed by atoms with van der Waals surface area (Å²) in [5, 5.41) is 8.83. The van der Waals surface area contributed by atoms with Crippen LogP contribution in [0.4, 0.5) is 10.1 Å². The van der Waals surface area contributed by atoms with E-state index in [-0.39, 0.29) is 17.5 Å². The number of carbonyl (C=O) groups excluding carboxylic acids is 1. The maximum Gasteiger partial charge on any atom is 0.247 e. The Labute approximate surface area is 195 Å². The lowest BCUT2D eigenvalue weighted by molar-refractivity contribution is -0.118. The molecule has 1 aromatic heterocycles. The van der Waals surface area contributed by atoms with Crippen LogP contribution in [0.2, 0.25) is 0 Å². The monoisotopic (exact) mass is 470 g/mol. The van der Waals surface area contributed by atoms with E-state index in [0.29, 0.717) is 40.1 Å². The second-order valence-electron chi connectivity index (χ2n) is 7.05. The molecule has 0 spiro atoms. The van der Waals surface area contributed by atoms with E-state index < -0.39 is 12.0 Å². The topological polar surface area (TPSA) is 86.7 Å². The summed E-state index contributed by atoms with van der Waals surface area (Å²) in [5.74, 6) is 1.19.